The van der Waals surface area contributed by atoms with Gasteiger partial charge >= 0.3 is 6.09 Å². The van der Waals surface area contributed by atoms with Crippen LogP contribution in [-0.4, -0.2) is 65.4 Å². The molecular formula is C23H35ClN2O3. The quantitative estimate of drug-likeness (QED) is 0.774. The van der Waals surface area contributed by atoms with Crippen LogP contribution in [0.15, 0.2) is 24.3 Å². The van der Waals surface area contributed by atoms with Crippen molar-refractivity contribution in [1.82, 2.24) is 9.80 Å². The van der Waals surface area contributed by atoms with E-state index in [1.807, 2.05) is 32.9 Å². The van der Waals surface area contributed by atoms with E-state index >= 15 is 0 Å². The molecule has 1 aromatic carbocycles. The molecule has 0 aromatic heterocycles. The molecule has 0 radical (unpaired) electrons. The van der Waals surface area contributed by atoms with Crippen LogP contribution in [0.4, 0.5) is 4.79 Å². The fourth-order valence-electron chi connectivity index (χ4n) is 4.39. The monoisotopic (exact) mass is 422 g/mol. The number of aliphatic hydroxyl groups is 1. The van der Waals surface area contributed by atoms with E-state index in [2.05, 4.69) is 17.0 Å². The molecule has 2 saturated heterocycles. The molecule has 0 bridgehead atoms. The second kappa shape index (κ2) is 9.67. The van der Waals surface area contributed by atoms with Gasteiger partial charge in [-0.05, 0) is 89.1 Å². The molecule has 6 heteroatoms. The Labute approximate surface area is 180 Å². The summed E-state index contributed by atoms with van der Waals surface area (Å²) in [4.78, 5) is 16.4. The van der Waals surface area contributed by atoms with Crippen LogP contribution in [0.25, 0.3) is 0 Å². The van der Waals surface area contributed by atoms with E-state index in [9.17, 15) is 9.90 Å². The fraction of sp³-hybridized carbons (Fsp3) is 0.696. The van der Waals surface area contributed by atoms with Gasteiger partial charge in [-0.25, -0.2) is 4.79 Å². The van der Waals surface area contributed by atoms with Gasteiger partial charge in [0.05, 0.1) is 6.10 Å². The van der Waals surface area contributed by atoms with E-state index in [1.54, 1.807) is 4.90 Å². The lowest BCUT2D eigenvalue weighted by Crippen LogP contribution is -2.46. The molecule has 1 aromatic rings. The molecule has 5 nitrogen and oxygen atoms in total. The van der Waals surface area contributed by atoms with Gasteiger partial charge in [-0.1, -0.05) is 23.7 Å². The molecule has 1 amide bonds. The van der Waals surface area contributed by atoms with Gasteiger partial charge < -0.3 is 19.6 Å². The first-order chi connectivity index (χ1) is 13.7. The first-order valence-corrected chi connectivity index (χ1v) is 11.2. The number of piperidine rings is 2. The number of aliphatic hydroxyl groups excluding tert-OH is 1. The number of benzene rings is 1. The normalized spacial score (nSPS) is 21.2. The molecule has 162 valence electrons. The Morgan fingerprint density at radius 1 is 1.10 bits per heavy atom. The molecule has 3 rings (SSSR count). The average Bonchev–Trinajstić information content (AvgIpc) is 2.68. The highest BCUT2D eigenvalue weighted by Crippen LogP contribution is 2.30. The smallest absolute Gasteiger partial charge is 0.410 e. The molecule has 2 heterocycles. The van der Waals surface area contributed by atoms with Crippen LogP contribution in [0, 0.1) is 5.92 Å². The molecule has 29 heavy (non-hydrogen) atoms. The van der Waals surface area contributed by atoms with Gasteiger partial charge in [-0.3, -0.25) is 0 Å². The second-order valence-corrected chi connectivity index (χ2v) is 9.94. The summed E-state index contributed by atoms with van der Waals surface area (Å²) in [6.07, 6.45) is 3.33. The minimum absolute atomic E-state index is 0.241. The molecule has 0 saturated carbocycles. The third-order valence-corrected chi connectivity index (χ3v) is 6.36. The first-order valence-electron chi connectivity index (χ1n) is 10.8. The molecule has 2 aliphatic rings. The minimum Gasteiger partial charge on any atom is -0.444 e. The summed E-state index contributed by atoms with van der Waals surface area (Å²) in [6, 6.07) is 8.21. The predicted octanol–water partition coefficient (Wildman–Crippen LogP) is 4.53. The van der Waals surface area contributed by atoms with Crippen molar-refractivity contribution in [2.24, 2.45) is 5.92 Å². The van der Waals surface area contributed by atoms with Crippen molar-refractivity contribution in [2.75, 3.05) is 32.7 Å². The molecule has 2 aliphatic heterocycles. The zero-order chi connectivity index (χ0) is 21.0. The Morgan fingerprint density at radius 3 is 2.24 bits per heavy atom. The second-order valence-electron chi connectivity index (χ2n) is 9.50. The van der Waals surface area contributed by atoms with Crippen LogP contribution in [0.2, 0.25) is 5.02 Å². The van der Waals surface area contributed by atoms with Gasteiger partial charge in [0.1, 0.15) is 5.60 Å². The molecule has 1 N–H and O–H groups in total. The lowest BCUT2D eigenvalue weighted by Gasteiger charge is -2.38. The highest BCUT2D eigenvalue weighted by molar-refractivity contribution is 6.30. The predicted molar refractivity (Wildman–Crippen MR) is 116 cm³/mol. The standard InChI is InChI=1S/C23H35ClN2O3/c1-23(2,3)29-22(28)26-14-10-19(11-15-26)21(27)16-25-12-8-18(9-13-25)17-4-6-20(24)7-5-17/h4-7,18-19,21,27H,8-16H2,1-3H3. The Kier molecular flexibility index (Phi) is 7.47. The third-order valence-electron chi connectivity index (χ3n) is 6.11. The Morgan fingerprint density at radius 2 is 1.69 bits per heavy atom. The maximum Gasteiger partial charge on any atom is 0.410 e. The van der Waals surface area contributed by atoms with E-state index < -0.39 is 5.60 Å². The van der Waals surface area contributed by atoms with Crippen LogP contribution in [0.3, 0.4) is 0 Å². The molecule has 0 spiro atoms. The molecule has 2 fully saturated rings. The number of halogens is 1. The lowest BCUT2D eigenvalue weighted by atomic mass is 9.88. The largest absolute Gasteiger partial charge is 0.444 e. The number of hydrogen-bond acceptors (Lipinski definition) is 4. The third kappa shape index (κ3) is 6.59. The van der Waals surface area contributed by atoms with Gasteiger partial charge in [0.2, 0.25) is 0 Å². The van der Waals surface area contributed by atoms with E-state index in [1.165, 1.54) is 5.56 Å². The number of likely N-dealkylation sites (tertiary alicyclic amines) is 2. The van der Waals surface area contributed by atoms with Crippen LogP contribution in [0.1, 0.15) is 57.9 Å². The van der Waals surface area contributed by atoms with Crippen molar-refractivity contribution in [1.29, 1.82) is 0 Å². The Hall–Kier alpha value is -1.30. The van der Waals surface area contributed by atoms with Crippen LogP contribution >= 0.6 is 11.6 Å². The molecule has 0 aliphatic carbocycles. The van der Waals surface area contributed by atoms with E-state index in [0.717, 1.165) is 50.3 Å². The van der Waals surface area contributed by atoms with Gasteiger partial charge in [0, 0.05) is 24.7 Å². The van der Waals surface area contributed by atoms with Crippen molar-refractivity contribution in [3.8, 4) is 0 Å². The van der Waals surface area contributed by atoms with Crippen LogP contribution in [-0.2, 0) is 4.74 Å². The summed E-state index contributed by atoms with van der Waals surface area (Å²) in [7, 11) is 0. The van der Waals surface area contributed by atoms with Gasteiger partial charge in [0.25, 0.3) is 0 Å². The Bertz CT molecular complexity index is 658. The van der Waals surface area contributed by atoms with Crippen LogP contribution < -0.4 is 0 Å². The van der Waals surface area contributed by atoms with Crippen molar-refractivity contribution < 1.29 is 14.6 Å². The summed E-state index contributed by atoms with van der Waals surface area (Å²) >= 11 is 5.99. The summed E-state index contributed by atoms with van der Waals surface area (Å²) in [5, 5.41) is 11.5. The fourth-order valence-corrected chi connectivity index (χ4v) is 4.52. The molecular weight excluding hydrogens is 388 g/mol. The summed E-state index contributed by atoms with van der Waals surface area (Å²) < 4.78 is 5.46. The Balaban J connectivity index is 1.40. The van der Waals surface area contributed by atoms with E-state index in [4.69, 9.17) is 16.3 Å². The van der Waals surface area contributed by atoms with Crippen LogP contribution in [0.5, 0.6) is 0 Å². The zero-order valence-corrected chi connectivity index (χ0v) is 18.7. The number of nitrogens with zero attached hydrogens (tertiary/aromatic N) is 2. The summed E-state index contributed by atoms with van der Waals surface area (Å²) in [6.45, 7) is 9.74. The number of ether oxygens (including phenoxy) is 1. The van der Waals surface area contributed by atoms with Gasteiger partial charge in [-0.2, -0.15) is 0 Å². The summed E-state index contributed by atoms with van der Waals surface area (Å²) in [5.74, 6) is 0.834. The van der Waals surface area contributed by atoms with Crippen molar-refractivity contribution in [2.45, 2.75) is 64.1 Å². The van der Waals surface area contributed by atoms with Gasteiger partial charge in [-0.15, -0.1) is 0 Å². The van der Waals surface area contributed by atoms with Crippen molar-refractivity contribution in [3.63, 3.8) is 0 Å². The maximum absolute atomic E-state index is 12.2. The van der Waals surface area contributed by atoms with Crippen molar-refractivity contribution in [3.05, 3.63) is 34.9 Å². The molecule has 1 atom stereocenters. The average molecular weight is 423 g/mol. The number of carbonyl (C=O) groups is 1. The highest BCUT2D eigenvalue weighted by Gasteiger charge is 2.31. The van der Waals surface area contributed by atoms with E-state index in [-0.39, 0.29) is 18.1 Å². The zero-order valence-electron chi connectivity index (χ0n) is 17.9. The minimum atomic E-state index is -0.467. The summed E-state index contributed by atoms with van der Waals surface area (Å²) in [5.41, 5.74) is 0.898. The highest BCUT2D eigenvalue weighted by atomic mass is 35.5. The maximum atomic E-state index is 12.2. The van der Waals surface area contributed by atoms with Crippen molar-refractivity contribution >= 4 is 17.7 Å². The van der Waals surface area contributed by atoms with Gasteiger partial charge in [0.15, 0.2) is 0 Å². The number of β-amino-alcohol motifs (C(OH)–C–C–N with tert-alkyl or cyclic N) is 1. The number of amides is 1. The van der Waals surface area contributed by atoms with E-state index in [0.29, 0.717) is 19.0 Å². The lowest BCUT2D eigenvalue weighted by molar-refractivity contribution is 0.000435. The number of rotatable bonds is 4. The SMILES string of the molecule is CC(C)(C)OC(=O)N1CCC(C(O)CN2CCC(c3ccc(Cl)cc3)CC2)CC1. The first kappa shape index (κ1) is 22.4. The number of carbonyl (C=O) groups excluding carboxylic acids is 1. The molecule has 1 unspecified atom stereocenters. The number of hydrogen-bond donors (Lipinski definition) is 1. The topological polar surface area (TPSA) is 53.0 Å².